The molecule has 90 valence electrons. The number of rotatable bonds is 3. The van der Waals surface area contributed by atoms with E-state index in [4.69, 9.17) is 0 Å². The summed E-state index contributed by atoms with van der Waals surface area (Å²) in [7, 11) is 0. The molecule has 0 spiro atoms. The summed E-state index contributed by atoms with van der Waals surface area (Å²) in [4.78, 5) is 37.2. The van der Waals surface area contributed by atoms with Crippen LogP contribution in [0.3, 0.4) is 0 Å². The molecule has 1 unspecified atom stereocenters. The first-order valence-corrected chi connectivity index (χ1v) is 6.04. The second-order valence-electron chi connectivity index (χ2n) is 4.00. The molecule has 1 fully saturated rings. The number of imide groups is 2. The summed E-state index contributed by atoms with van der Waals surface area (Å²) in [5, 5.41) is 1.99. The molecule has 6 heteroatoms. The zero-order chi connectivity index (χ0) is 12.6. The van der Waals surface area contributed by atoms with Crippen LogP contribution in [0.25, 0.3) is 0 Å². The molecule has 0 aliphatic carbocycles. The standard InChI is InChI=1S/C11H12N2O3S/c1-6(5-8-4-3-7(2)17-8)13-10(15)9(14)12-11(13)16/h3-4,6H,5H2,1-2H3,(H,12,14,16). The van der Waals surface area contributed by atoms with E-state index in [2.05, 4.69) is 0 Å². The Morgan fingerprint density at radius 3 is 2.53 bits per heavy atom. The Hall–Kier alpha value is -1.69. The molecule has 4 amide bonds. The lowest BCUT2D eigenvalue weighted by molar-refractivity contribution is -0.140. The Kier molecular flexibility index (Phi) is 2.97. The number of hydrogen-bond acceptors (Lipinski definition) is 4. The third-order valence-electron chi connectivity index (χ3n) is 2.59. The first-order valence-electron chi connectivity index (χ1n) is 5.23. The van der Waals surface area contributed by atoms with Crippen LogP contribution in [0.4, 0.5) is 4.79 Å². The average Bonchev–Trinajstić information content (AvgIpc) is 2.73. The fourth-order valence-electron chi connectivity index (χ4n) is 1.79. The molecule has 1 saturated heterocycles. The summed E-state index contributed by atoms with van der Waals surface area (Å²) in [6.45, 7) is 3.75. The Bertz CT molecular complexity index is 495. The Morgan fingerprint density at radius 1 is 1.35 bits per heavy atom. The van der Waals surface area contributed by atoms with Gasteiger partial charge in [-0.05, 0) is 26.0 Å². The highest BCUT2D eigenvalue weighted by molar-refractivity contribution is 7.11. The topological polar surface area (TPSA) is 66.5 Å². The number of hydrogen-bond donors (Lipinski definition) is 1. The van der Waals surface area contributed by atoms with E-state index >= 15 is 0 Å². The summed E-state index contributed by atoms with van der Waals surface area (Å²) in [5.41, 5.74) is 0. The number of carbonyl (C=O) groups is 3. The molecular formula is C11H12N2O3S. The van der Waals surface area contributed by atoms with Crippen LogP contribution in [-0.2, 0) is 16.0 Å². The van der Waals surface area contributed by atoms with Gasteiger partial charge in [0.1, 0.15) is 0 Å². The predicted octanol–water partition coefficient (Wildman–Crippen LogP) is 1.07. The summed E-state index contributed by atoms with van der Waals surface area (Å²) in [5.74, 6) is -1.61. The van der Waals surface area contributed by atoms with Crippen molar-refractivity contribution >= 4 is 29.2 Å². The predicted molar refractivity (Wildman–Crippen MR) is 62.6 cm³/mol. The molecule has 17 heavy (non-hydrogen) atoms. The van der Waals surface area contributed by atoms with Crippen LogP contribution < -0.4 is 5.32 Å². The van der Waals surface area contributed by atoms with Crippen LogP contribution in [0.2, 0.25) is 0 Å². The Balaban J connectivity index is 2.10. The number of amides is 4. The molecule has 1 aliphatic rings. The summed E-state index contributed by atoms with van der Waals surface area (Å²) in [6.07, 6.45) is 0.574. The zero-order valence-corrected chi connectivity index (χ0v) is 10.3. The molecule has 2 heterocycles. The van der Waals surface area contributed by atoms with Crippen molar-refractivity contribution in [1.82, 2.24) is 10.2 Å². The minimum Gasteiger partial charge on any atom is -0.269 e. The maximum atomic E-state index is 11.4. The van der Waals surface area contributed by atoms with Crippen molar-refractivity contribution in [2.75, 3.05) is 0 Å². The molecule has 1 aromatic rings. The smallest absolute Gasteiger partial charge is 0.269 e. The van der Waals surface area contributed by atoms with E-state index in [0.717, 1.165) is 9.78 Å². The van der Waals surface area contributed by atoms with E-state index in [1.54, 1.807) is 18.3 Å². The summed E-state index contributed by atoms with van der Waals surface area (Å²) in [6, 6.07) is 3.02. The largest absolute Gasteiger partial charge is 0.331 e. The van der Waals surface area contributed by atoms with Gasteiger partial charge in [-0.15, -0.1) is 11.3 Å². The third-order valence-corrected chi connectivity index (χ3v) is 3.61. The van der Waals surface area contributed by atoms with Gasteiger partial charge in [0.05, 0.1) is 0 Å². The Labute approximate surface area is 102 Å². The highest BCUT2D eigenvalue weighted by Crippen LogP contribution is 2.19. The van der Waals surface area contributed by atoms with Crippen LogP contribution in [0.15, 0.2) is 12.1 Å². The van der Waals surface area contributed by atoms with Gasteiger partial charge in [0.2, 0.25) is 0 Å². The SMILES string of the molecule is Cc1ccc(CC(C)N2C(=O)NC(=O)C2=O)s1. The quantitative estimate of drug-likeness (QED) is 0.646. The van der Waals surface area contributed by atoms with Crippen LogP contribution in [0.5, 0.6) is 0 Å². The lowest BCUT2D eigenvalue weighted by atomic mass is 10.2. The third kappa shape index (κ3) is 2.21. The molecule has 1 N–H and O–H groups in total. The zero-order valence-electron chi connectivity index (χ0n) is 9.52. The Morgan fingerprint density at radius 2 is 2.06 bits per heavy atom. The van der Waals surface area contributed by atoms with Gasteiger partial charge < -0.3 is 0 Å². The maximum Gasteiger partial charge on any atom is 0.331 e. The molecule has 0 bridgehead atoms. The van der Waals surface area contributed by atoms with Gasteiger partial charge in [-0.25, -0.2) is 4.79 Å². The molecule has 5 nitrogen and oxygen atoms in total. The van der Waals surface area contributed by atoms with Crippen LogP contribution in [0, 0.1) is 6.92 Å². The van der Waals surface area contributed by atoms with Gasteiger partial charge in [0, 0.05) is 22.2 Å². The number of nitrogens with zero attached hydrogens (tertiary/aromatic N) is 1. The monoisotopic (exact) mass is 252 g/mol. The van der Waals surface area contributed by atoms with Crippen molar-refractivity contribution in [2.24, 2.45) is 0 Å². The normalized spacial score (nSPS) is 17.5. The number of carbonyl (C=O) groups excluding carboxylic acids is 3. The number of thiophene rings is 1. The van der Waals surface area contributed by atoms with Crippen molar-refractivity contribution in [1.29, 1.82) is 0 Å². The number of aryl methyl sites for hydroxylation is 1. The van der Waals surface area contributed by atoms with Gasteiger partial charge in [-0.1, -0.05) is 0 Å². The van der Waals surface area contributed by atoms with E-state index < -0.39 is 17.8 Å². The van der Waals surface area contributed by atoms with Gasteiger partial charge in [0.25, 0.3) is 0 Å². The number of urea groups is 1. The van der Waals surface area contributed by atoms with E-state index in [9.17, 15) is 14.4 Å². The molecule has 0 saturated carbocycles. The lowest BCUT2D eigenvalue weighted by Gasteiger charge is -2.19. The minimum absolute atomic E-state index is 0.313. The minimum atomic E-state index is -0.843. The highest BCUT2D eigenvalue weighted by Gasteiger charge is 2.39. The fourth-order valence-corrected chi connectivity index (χ4v) is 2.80. The molecule has 1 atom stereocenters. The van der Waals surface area contributed by atoms with Crippen molar-refractivity contribution in [3.8, 4) is 0 Å². The van der Waals surface area contributed by atoms with Crippen LogP contribution >= 0.6 is 11.3 Å². The second-order valence-corrected chi connectivity index (χ2v) is 5.37. The van der Waals surface area contributed by atoms with Crippen molar-refractivity contribution in [3.05, 3.63) is 21.9 Å². The van der Waals surface area contributed by atoms with Crippen molar-refractivity contribution in [2.45, 2.75) is 26.3 Å². The first kappa shape index (κ1) is 11.8. The molecule has 1 aliphatic heterocycles. The highest BCUT2D eigenvalue weighted by atomic mass is 32.1. The molecule has 0 radical (unpaired) electrons. The van der Waals surface area contributed by atoms with Gasteiger partial charge in [-0.2, -0.15) is 0 Å². The first-order chi connectivity index (χ1) is 7.99. The van der Waals surface area contributed by atoms with Crippen LogP contribution in [0.1, 0.15) is 16.7 Å². The van der Waals surface area contributed by atoms with Crippen molar-refractivity contribution < 1.29 is 14.4 Å². The van der Waals surface area contributed by atoms with E-state index in [0.29, 0.717) is 6.42 Å². The van der Waals surface area contributed by atoms with E-state index in [-0.39, 0.29) is 6.04 Å². The van der Waals surface area contributed by atoms with Crippen molar-refractivity contribution in [3.63, 3.8) is 0 Å². The van der Waals surface area contributed by atoms with Crippen LogP contribution in [-0.4, -0.2) is 28.8 Å². The van der Waals surface area contributed by atoms with Gasteiger partial charge in [0.15, 0.2) is 0 Å². The molecule has 1 aromatic heterocycles. The molecular weight excluding hydrogens is 240 g/mol. The number of nitrogens with one attached hydrogen (secondary N) is 1. The second kappa shape index (κ2) is 4.29. The molecule has 0 aromatic carbocycles. The average molecular weight is 252 g/mol. The van der Waals surface area contributed by atoms with Gasteiger partial charge >= 0.3 is 17.8 Å². The fraction of sp³-hybridized carbons (Fsp3) is 0.364. The van der Waals surface area contributed by atoms with Gasteiger partial charge in [-0.3, -0.25) is 19.8 Å². The van der Waals surface area contributed by atoms with E-state index in [1.165, 1.54) is 4.88 Å². The lowest BCUT2D eigenvalue weighted by Crippen LogP contribution is -2.40. The maximum absolute atomic E-state index is 11.4. The molecule has 2 rings (SSSR count). The summed E-state index contributed by atoms with van der Waals surface area (Å²) < 4.78 is 0. The van der Waals surface area contributed by atoms with E-state index in [1.807, 2.05) is 24.4 Å². The summed E-state index contributed by atoms with van der Waals surface area (Å²) >= 11 is 1.62.